The molecule has 54 valence electrons. The molecule has 0 atom stereocenters. The average molecular weight is 138 g/mol. The van der Waals surface area contributed by atoms with E-state index in [-0.39, 0.29) is 6.42 Å². The van der Waals surface area contributed by atoms with Crippen molar-refractivity contribution in [1.82, 2.24) is 0 Å². The summed E-state index contributed by atoms with van der Waals surface area (Å²) in [4.78, 5) is 9.94. The summed E-state index contributed by atoms with van der Waals surface area (Å²) in [5.41, 5.74) is 0. The zero-order chi connectivity index (χ0) is 7.82. The van der Waals surface area contributed by atoms with Crippen LogP contribution < -0.4 is 0 Å². The molecule has 0 radical (unpaired) electrons. The second-order valence-corrected chi connectivity index (χ2v) is 1.65. The predicted octanol–water partition coefficient (Wildman–Crippen LogP) is 1.76. The Balaban J connectivity index is 3.46. The van der Waals surface area contributed by atoms with E-state index in [0.717, 1.165) is 0 Å². The smallest absolute Gasteiger partial charge is 0.307 e. The van der Waals surface area contributed by atoms with Crippen LogP contribution in [0.4, 0.5) is 0 Å². The maximum Gasteiger partial charge on any atom is 0.307 e. The molecule has 0 aromatic carbocycles. The van der Waals surface area contributed by atoms with E-state index in [2.05, 4.69) is 6.58 Å². The Morgan fingerprint density at radius 2 is 2.10 bits per heavy atom. The van der Waals surface area contributed by atoms with Gasteiger partial charge < -0.3 is 5.11 Å². The summed E-state index contributed by atoms with van der Waals surface area (Å²) in [7, 11) is 0. The molecule has 0 aliphatic rings. The Bertz CT molecular complexity index is 166. The quantitative estimate of drug-likeness (QED) is 0.601. The number of hydrogen-bond acceptors (Lipinski definition) is 1. The van der Waals surface area contributed by atoms with Crippen molar-refractivity contribution in [2.45, 2.75) is 6.42 Å². The van der Waals surface area contributed by atoms with Gasteiger partial charge in [-0.25, -0.2) is 0 Å². The van der Waals surface area contributed by atoms with Crippen molar-refractivity contribution in [3.63, 3.8) is 0 Å². The molecule has 0 heterocycles. The third-order valence-corrected chi connectivity index (χ3v) is 0.787. The van der Waals surface area contributed by atoms with Crippen molar-refractivity contribution in [2.24, 2.45) is 0 Å². The lowest BCUT2D eigenvalue weighted by Crippen LogP contribution is -1.89. The topological polar surface area (TPSA) is 37.3 Å². The molecule has 0 fully saturated rings. The van der Waals surface area contributed by atoms with E-state index in [1.54, 1.807) is 30.4 Å². The molecule has 0 saturated heterocycles. The van der Waals surface area contributed by atoms with Crippen LogP contribution in [-0.4, -0.2) is 11.1 Å². The molecule has 0 amide bonds. The molecule has 0 rings (SSSR count). The molecule has 1 N–H and O–H groups in total. The molecule has 2 nitrogen and oxygen atoms in total. The summed E-state index contributed by atoms with van der Waals surface area (Å²) < 4.78 is 0. The van der Waals surface area contributed by atoms with E-state index in [9.17, 15) is 4.79 Å². The first-order chi connectivity index (χ1) is 4.77. The zero-order valence-electron chi connectivity index (χ0n) is 5.66. The fourth-order valence-corrected chi connectivity index (χ4v) is 0.390. The van der Waals surface area contributed by atoms with Gasteiger partial charge in [0.25, 0.3) is 0 Å². The first-order valence-corrected chi connectivity index (χ1v) is 2.93. The van der Waals surface area contributed by atoms with Gasteiger partial charge in [-0.15, -0.1) is 0 Å². The number of carboxylic acids is 1. The van der Waals surface area contributed by atoms with Gasteiger partial charge in [0.1, 0.15) is 0 Å². The molecule has 0 aliphatic carbocycles. The molecule has 0 aromatic heterocycles. The highest BCUT2D eigenvalue weighted by atomic mass is 16.4. The Hall–Kier alpha value is -1.31. The fourth-order valence-electron chi connectivity index (χ4n) is 0.390. The van der Waals surface area contributed by atoms with Gasteiger partial charge in [-0.1, -0.05) is 37.0 Å². The number of allylic oxidation sites excluding steroid dienone is 4. The van der Waals surface area contributed by atoms with Crippen LogP contribution in [0.2, 0.25) is 0 Å². The van der Waals surface area contributed by atoms with Crippen LogP contribution in [0.3, 0.4) is 0 Å². The Kier molecular flexibility index (Phi) is 5.06. The predicted molar refractivity (Wildman–Crippen MR) is 40.7 cm³/mol. The molecule has 10 heavy (non-hydrogen) atoms. The van der Waals surface area contributed by atoms with Crippen LogP contribution in [0.15, 0.2) is 37.0 Å². The second-order valence-electron chi connectivity index (χ2n) is 1.65. The Morgan fingerprint density at radius 1 is 1.40 bits per heavy atom. The van der Waals surface area contributed by atoms with Gasteiger partial charge in [0.2, 0.25) is 0 Å². The minimum Gasteiger partial charge on any atom is -0.481 e. The minimum atomic E-state index is -0.816. The van der Waals surface area contributed by atoms with Gasteiger partial charge in [0.05, 0.1) is 6.42 Å². The summed E-state index contributed by atoms with van der Waals surface area (Å²) in [6.45, 7) is 3.46. The Morgan fingerprint density at radius 3 is 2.60 bits per heavy atom. The summed E-state index contributed by atoms with van der Waals surface area (Å²) >= 11 is 0. The maximum atomic E-state index is 9.94. The number of hydrogen-bond donors (Lipinski definition) is 1. The van der Waals surface area contributed by atoms with Crippen LogP contribution in [-0.2, 0) is 4.79 Å². The molecule has 0 bridgehead atoms. The third-order valence-electron chi connectivity index (χ3n) is 0.787. The second kappa shape index (κ2) is 5.82. The summed E-state index contributed by atoms with van der Waals surface area (Å²) in [5.74, 6) is -0.816. The first kappa shape index (κ1) is 8.69. The molecule has 0 aliphatic heterocycles. The number of aliphatic carboxylic acids is 1. The SMILES string of the molecule is C=C/C=C\C=C/CC(=O)O. The van der Waals surface area contributed by atoms with Crippen LogP contribution in [0.5, 0.6) is 0 Å². The van der Waals surface area contributed by atoms with E-state index in [1.807, 2.05) is 0 Å². The van der Waals surface area contributed by atoms with Crippen molar-refractivity contribution < 1.29 is 9.90 Å². The number of carbonyl (C=O) groups is 1. The maximum absolute atomic E-state index is 9.94. The van der Waals surface area contributed by atoms with E-state index >= 15 is 0 Å². The standard InChI is InChI=1S/C8H10O2/c1-2-3-4-5-6-7-8(9)10/h2-6H,1,7H2,(H,9,10)/b4-3-,6-5-. The monoisotopic (exact) mass is 138 g/mol. The lowest BCUT2D eigenvalue weighted by molar-refractivity contribution is -0.135. The van der Waals surface area contributed by atoms with E-state index in [1.165, 1.54) is 0 Å². The van der Waals surface area contributed by atoms with E-state index in [4.69, 9.17) is 5.11 Å². The van der Waals surface area contributed by atoms with Gasteiger partial charge >= 0.3 is 5.97 Å². The fraction of sp³-hybridized carbons (Fsp3) is 0.125. The van der Waals surface area contributed by atoms with Gasteiger partial charge in [0, 0.05) is 0 Å². The van der Waals surface area contributed by atoms with Crippen molar-refractivity contribution in [2.75, 3.05) is 0 Å². The molecule has 2 heteroatoms. The average Bonchev–Trinajstić information content (AvgIpc) is 1.87. The lowest BCUT2D eigenvalue weighted by Gasteiger charge is -1.79. The van der Waals surface area contributed by atoms with Gasteiger partial charge in [-0.2, -0.15) is 0 Å². The van der Waals surface area contributed by atoms with Crippen molar-refractivity contribution >= 4 is 5.97 Å². The number of rotatable bonds is 4. The summed E-state index contributed by atoms with van der Waals surface area (Å²) in [6, 6.07) is 0. The molecule has 0 aromatic rings. The van der Waals surface area contributed by atoms with Crippen LogP contribution in [0, 0.1) is 0 Å². The molecule has 0 spiro atoms. The first-order valence-electron chi connectivity index (χ1n) is 2.93. The summed E-state index contributed by atoms with van der Waals surface area (Å²) in [5, 5.41) is 8.17. The van der Waals surface area contributed by atoms with Gasteiger partial charge in [-0.3, -0.25) is 4.79 Å². The van der Waals surface area contributed by atoms with Gasteiger partial charge in [-0.05, 0) is 0 Å². The molecule has 0 unspecified atom stereocenters. The normalized spacial score (nSPS) is 10.8. The van der Waals surface area contributed by atoms with Crippen molar-refractivity contribution in [1.29, 1.82) is 0 Å². The molecular weight excluding hydrogens is 128 g/mol. The molecule has 0 saturated carbocycles. The zero-order valence-corrected chi connectivity index (χ0v) is 5.66. The Labute approximate surface area is 60.2 Å². The van der Waals surface area contributed by atoms with E-state index < -0.39 is 5.97 Å². The third kappa shape index (κ3) is 6.69. The van der Waals surface area contributed by atoms with Crippen molar-refractivity contribution in [3.05, 3.63) is 37.0 Å². The highest BCUT2D eigenvalue weighted by molar-refractivity contribution is 5.68. The van der Waals surface area contributed by atoms with Crippen molar-refractivity contribution in [3.8, 4) is 0 Å². The van der Waals surface area contributed by atoms with Crippen LogP contribution in [0.25, 0.3) is 0 Å². The largest absolute Gasteiger partial charge is 0.481 e. The molecular formula is C8H10O2. The highest BCUT2D eigenvalue weighted by Gasteiger charge is 1.86. The highest BCUT2D eigenvalue weighted by Crippen LogP contribution is 1.83. The van der Waals surface area contributed by atoms with Gasteiger partial charge in [0.15, 0.2) is 0 Å². The lowest BCUT2D eigenvalue weighted by atomic mass is 10.3. The van der Waals surface area contributed by atoms with Crippen LogP contribution >= 0.6 is 0 Å². The number of carboxylic acid groups (broad SMARTS) is 1. The van der Waals surface area contributed by atoms with E-state index in [0.29, 0.717) is 0 Å². The summed E-state index contributed by atoms with van der Waals surface area (Å²) in [6.07, 6.45) is 8.42. The minimum absolute atomic E-state index is 0.0709. The van der Waals surface area contributed by atoms with Crippen LogP contribution in [0.1, 0.15) is 6.42 Å².